The molecule has 0 fully saturated rings. The zero-order valence-corrected chi connectivity index (χ0v) is 11.2. The van der Waals surface area contributed by atoms with Gasteiger partial charge >= 0.3 is 0 Å². The van der Waals surface area contributed by atoms with Crippen LogP contribution in [0.3, 0.4) is 0 Å². The number of hydrogen-bond donors (Lipinski definition) is 1. The fraction of sp³-hybridized carbons (Fsp3) is 0.182. The molecule has 0 radical (unpaired) electrons. The number of aryl methyl sites for hydroxylation is 1. The van der Waals surface area contributed by atoms with Crippen LogP contribution in [0.2, 0.25) is 0 Å². The lowest BCUT2D eigenvalue weighted by Crippen LogP contribution is -2.02. The Morgan fingerprint density at radius 2 is 2.33 bits per heavy atom. The van der Waals surface area contributed by atoms with Crippen LogP contribution in [0.5, 0.6) is 0 Å². The van der Waals surface area contributed by atoms with Crippen molar-refractivity contribution in [2.24, 2.45) is 7.05 Å². The maximum atomic E-state index is 10.9. The molecule has 0 bridgehead atoms. The number of anilines is 1. The van der Waals surface area contributed by atoms with E-state index in [1.807, 2.05) is 13.2 Å². The molecule has 1 aromatic heterocycles. The lowest BCUT2D eigenvalue weighted by molar-refractivity contribution is -0.385. The predicted octanol–water partition coefficient (Wildman–Crippen LogP) is 2.70. The molecule has 7 heteroatoms. The van der Waals surface area contributed by atoms with E-state index in [2.05, 4.69) is 26.3 Å². The molecule has 0 aliphatic rings. The maximum Gasteiger partial charge on any atom is 0.275 e. The summed E-state index contributed by atoms with van der Waals surface area (Å²) in [5.74, 6) is 0. The number of aromatic nitrogens is 2. The van der Waals surface area contributed by atoms with E-state index in [-0.39, 0.29) is 10.6 Å². The highest BCUT2D eigenvalue weighted by Gasteiger charge is 2.13. The second kappa shape index (κ2) is 5.18. The van der Waals surface area contributed by atoms with Crippen LogP contribution in [-0.4, -0.2) is 14.7 Å². The normalized spacial score (nSPS) is 10.3. The zero-order valence-electron chi connectivity index (χ0n) is 9.63. The van der Waals surface area contributed by atoms with E-state index >= 15 is 0 Å². The summed E-state index contributed by atoms with van der Waals surface area (Å²) in [6, 6.07) is 5.01. The van der Waals surface area contributed by atoms with E-state index in [0.717, 1.165) is 5.69 Å². The first-order valence-corrected chi connectivity index (χ1v) is 6.01. The number of halogens is 1. The fourth-order valence-electron chi connectivity index (χ4n) is 1.57. The Hall–Kier alpha value is -1.89. The standard InChI is InChI=1S/C11H11BrN4O2/c1-15-7-10(6-14-15)13-5-8-2-3-9(12)4-11(8)16(17)18/h2-4,6-7,13H,5H2,1H3. The zero-order chi connectivity index (χ0) is 13.1. The molecule has 0 saturated carbocycles. The molecule has 1 heterocycles. The van der Waals surface area contributed by atoms with Gasteiger partial charge in [-0.3, -0.25) is 14.8 Å². The van der Waals surface area contributed by atoms with Crippen LogP contribution in [0.1, 0.15) is 5.56 Å². The summed E-state index contributed by atoms with van der Waals surface area (Å²) in [6.45, 7) is 0.384. The molecule has 2 rings (SSSR count). The van der Waals surface area contributed by atoms with Gasteiger partial charge in [-0.05, 0) is 12.1 Å². The monoisotopic (exact) mass is 310 g/mol. The molecule has 0 unspecified atom stereocenters. The molecule has 0 atom stereocenters. The van der Waals surface area contributed by atoms with Gasteiger partial charge in [0.1, 0.15) is 0 Å². The number of nitro benzene ring substituents is 1. The summed E-state index contributed by atoms with van der Waals surface area (Å²) in [5.41, 5.74) is 1.56. The van der Waals surface area contributed by atoms with Crippen molar-refractivity contribution in [3.05, 3.63) is 50.7 Å². The fourth-order valence-corrected chi connectivity index (χ4v) is 1.92. The van der Waals surface area contributed by atoms with Gasteiger partial charge < -0.3 is 5.32 Å². The van der Waals surface area contributed by atoms with Gasteiger partial charge in [0, 0.05) is 35.9 Å². The Balaban J connectivity index is 2.16. The van der Waals surface area contributed by atoms with Gasteiger partial charge in [-0.25, -0.2) is 0 Å². The minimum absolute atomic E-state index is 0.0979. The second-order valence-electron chi connectivity index (χ2n) is 3.79. The number of nitrogens with zero attached hydrogens (tertiary/aromatic N) is 3. The molecule has 2 aromatic rings. The Morgan fingerprint density at radius 3 is 2.94 bits per heavy atom. The highest BCUT2D eigenvalue weighted by Crippen LogP contribution is 2.24. The quantitative estimate of drug-likeness (QED) is 0.696. The molecule has 0 spiro atoms. The van der Waals surface area contributed by atoms with Gasteiger partial charge in [0.15, 0.2) is 0 Å². The van der Waals surface area contributed by atoms with Crippen molar-refractivity contribution in [2.75, 3.05) is 5.32 Å². The average molecular weight is 311 g/mol. The van der Waals surface area contributed by atoms with Gasteiger partial charge in [0.05, 0.1) is 16.8 Å². The van der Waals surface area contributed by atoms with Gasteiger partial charge in [-0.15, -0.1) is 0 Å². The second-order valence-corrected chi connectivity index (χ2v) is 4.70. The Bertz CT molecular complexity index is 582. The number of benzene rings is 1. The van der Waals surface area contributed by atoms with Crippen LogP contribution in [0.4, 0.5) is 11.4 Å². The van der Waals surface area contributed by atoms with Crippen LogP contribution in [0.25, 0.3) is 0 Å². The summed E-state index contributed by atoms with van der Waals surface area (Å²) in [4.78, 5) is 10.5. The van der Waals surface area contributed by atoms with Gasteiger partial charge in [0.2, 0.25) is 0 Å². The smallest absolute Gasteiger partial charge is 0.275 e. The Labute approximate surface area is 112 Å². The molecule has 0 saturated heterocycles. The number of hydrogen-bond acceptors (Lipinski definition) is 4. The number of rotatable bonds is 4. The van der Waals surface area contributed by atoms with Gasteiger partial charge in [-0.2, -0.15) is 5.10 Å². The van der Waals surface area contributed by atoms with Crippen molar-refractivity contribution >= 4 is 27.3 Å². The van der Waals surface area contributed by atoms with E-state index in [1.54, 1.807) is 23.0 Å². The summed E-state index contributed by atoms with van der Waals surface area (Å²) in [5, 5.41) is 18.0. The summed E-state index contributed by atoms with van der Waals surface area (Å²) >= 11 is 3.23. The summed E-state index contributed by atoms with van der Waals surface area (Å²) in [6.07, 6.45) is 3.48. The molecule has 94 valence electrons. The lowest BCUT2D eigenvalue weighted by Gasteiger charge is -2.05. The van der Waals surface area contributed by atoms with Crippen molar-refractivity contribution in [2.45, 2.75) is 6.54 Å². The Morgan fingerprint density at radius 1 is 1.56 bits per heavy atom. The van der Waals surface area contributed by atoms with E-state index in [9.17, 15) is 10.1 Å². The summed E-state index contributed by atoms with van der Waals surface area (Å²) in [7, 11) is 1.81. The highest BCUT2D eigenvalue weighted by atomic mass is 79.9. The molecular formula is C11H11BrN4O2. The number of nitrogens with one attached hydrogen (secondary N) is 1. The first-order chi connectivity index (χ1) is 8.56. The molecule has 0 aliphatic heterocycles. The van der Waals surface area contributed by atoms with Gasteiger partial charge in [-0.1, -0.05) is 15.9 Å². The summed E-state index contributed by atoms with van der Waals surface area (Å²) < 4.78 is 2.36. The van der Waals surface area contributed by atoms with Crippen LogP contribution >= 0.6 is 15.9 Å². The van der Waals surface area contributed by atoms with E-state index in [4.69, 9.17) is 0 Å². The third-order valence-electron chi connectivity index (χ3n) is 2.43. The molecule has 18 heavy (non-hydrogen) atoms. The first-order valence-electron chi connectivity index (χ1n) is 5.21. The molecule has 6 nitrogen and oxygen atoms in total. The van der Waals surface area contributed by atoms with Crippen molar-refractivity contribution in [3.63, 3.8) is 0 Å². The maximum absolute atomic E-state index is 10.9. The predicted molar refractivity (Wildman–Crippen MR) is 71.3 cm³/mol. The minimum atomic E-state index is -0.384. The van der Waals surface area contributed by atoms with Crippen molar-refractivity contribution in [1.29, 1.82) is 0 Å². The molecule has 1 N–H and O–H groups in total. The number of nitro groups is 1. The van der Waals surface area contributed by atoms with E-state index in [0.29, 0.717) is 16.6 Å². The van der Waals surface area contributed by atoms with Crippen LogP contribution in [0.15, 0.2) is 35.1 Å². The largest absolute Gasteiger partial charge is 0.378 e. The molecule has 1 aromatic carbocycles. The van der Waals surface area contributed by atoms with Crippen LogP contribution in [-0.2, 0) is 13.6 Å². The lowest BCUT2D eigenvalue weighted by atomic mass is 10.2. The Kier molecular flexibility index (Phi) is 3.61. The van der Waals surface area contributed by atoms with Crippen molar-refractivity contribution in [1.82, 2.24) is 9.78 Å². The van der Waals surface area contributed by atoms with Crippen molar-refractivity contribution in [3.8, 4) is 0 Å². The van der Waals surface area contributed by atoms with E-state index in [1.165, 1.54) is 6.07 Å². The minimum Gasteiger partial charge on any atom is -0.378 e. The SMILES string of the molecule is Cn1cc(NCc2ccc(Br)cc2[N+](=O)[O-])cn1. The average Bonchev–Trinajstić information content (AvgIpc) is 2.73. The van der Waals surface area contributed by atoms with E-state index < -0.39 is 0 Å². The van der Waals surface area contributed by atoms with Crippen molar-refractivity contribution < 1.29 is 4.92 Å². The molecule has 0 amide bonds. The van der Waals surface area contributed by atoms with Crippen LogP contribution in [0, 0.1) is 10.1 Å². The van der Waals surface area contributed by atoms with Crippen LogP contribution < -0.4 is 5.32 Å². The topological polar surface area (TPSA) is 73.0 Å². The van der Waals surface area contributed by atoms with Gasteiger partial charge in [0.25, 0.3) is 5.69 Å². The molecule has 0 aliphatic carbocycles. The third-order valence-corrected chi connectivity index (χ3v) is 2.93. The first kappa shape index (κ1) is 12.6. The third kappa shape index (κ3) is 2.86. The molecular weight excluding hydrogens is 300 g/mol. The highest BCUT2D eigenvalue weighted by molar-refractivity contribution is 9.10.